The normalized spacial score (nSPS) is 13.3. The van der Waals surface area contributed by atoms with Crippen LogP contribution in [0.2, 0.25) is 0 Å². The lowest BCUT2D eigenvalue weighted by atomic mass is 10.1. The van der Waals surface area contributed by atoms with Crippen LogP contribution in [0.25, 0.3) is 10.8 Å². The molecule has 1 N–H and O–H groups in total. The minimum Gasteiger partial charge on any atom is -0.377 e. The zero-order valence-electron chi connectivity index (χ0n) is 13.0. The monoisotopic (exact) mass is 318 g/mol. The van der Waals surface area contributed by atoms with Crippen molar-refractivity contribution in [3.8, 4) is 0 Å². The van der Waals surface area contributed by atoms with Gasteiger partial charge in [0.05, 0.1) is 4.90 Å². The molecule has 0 saturated carbocycles. The van der Waals surface area contributed by atoms with Crippen molar-refractivity contribution in [3.05, 3.63) is 50.2 Å². The van der Waals surface area contributed by atoms with Gasteiger partial charge in [0.15, 0.2) is 0 Å². The zero-order valence-corrected chi connectivity index (χ0v) is 13.9. The first-order chi connectivity index (χ1) is 10.4. The van der Waals surface area contributed by atoms with Gasteiger partial charge in [0, 0.05) is 36.6 Å². The smallest absolute Gasteiger partial charge is 0.241 e. The SMILES string of the molecule is [CH2]CCC([CH2])NS(=O)(=O)c1cccc2c(N(C)C)cccc12. The van der Waals surface area contributed by atoms with E-state index in [2.05, 4.69) is 18.6 Å². The first-order valence-corrected chi connectivity index (χ1v) is 8.69. The Labute approximate surface area is 133 Å². The number of benzene rings is 2. The fourth-order valence-corrected chi connectivity index (χ4v) is 3.89. The van der Waals surface area contributed by atoms with Gasteiger partial charge in [0.2, 0.25) is 10.0 Å². The molecule has 2 aromatic carbocycles. The maximum Gasteiger partial charge on any atom is 0.241 e. The van der Waals surface area contributed by atoms with Crippen molar-refractivity contribution in [3.63, 3.8) is 0 Å². The highest BCUT2D eigenvalue weighted by atomic mass is 32.2. The Morgan fingerprint density at radius 1 is 1.14 bits per heavy atom. The molecule has 2 aromatic rings. The van der Waals surface area contributed by atoms with Crippen molar-refractivity contribution >= 4 is 26.5 Å². The summed E-state index contributed by atoms with van der Waals surface area (Å²) in [5.74, 6) is 0. The number of rotatable bonds is 6. The van der Waals surface area contributed by atoms with Crippen LogP contribution in [-0.4, -0.2) is 28.6 Å². The lowest BCUT2D eigenvalue weighted by molar-refractivity contribution is 0.563. The van der Waals surface area contributed by atoms with Crippen molar-refractivity contribution in [1.82, 2.24) is 4.72 Å². The van der Waals surface area contributed by atoms with E-state index in [4.69, 9.17) is 0 Å². The molecule has 0 aliphatic rings. The first kappa shape index (κ1) is 16.8. The van der Waals surface area contributed by atoms with E-state index in [1.165, 1.54) is 0 Å². The fourth-order valence-electron chi connectivity index (χ4n) is 2.48. The molecule has 0 heterocycles. The minimum atomic E-state index is -3.61. The van der Waals surface area contributed by atoms with Gasteiger partial charge in [-0.1, -0.05) is 37.6 Å². The number of sulfonamides is 1. The standard InChI is InChI=1S/C17H22N2O2S/c1-5-8-13(2)18-22(20,21)17-12-7-9-14-15(17)10-6-11-16(14)19(3)4/h6-7,9-13,18H,1-2,5,8H2,3-4H3. The molecule has 0 spiro atoms. The largest absolute Gasteiger partial charge is 0.377 e. The third-order valence-corrected chi connectivity index (χ3v) is 5.08. The van der Waals surface area contributed by atoms with Crippen molar-refractivity contribution in [1.29, 1.82) is 0 Å². The molecule has 1 unspecified atom stereocenters. The molecule has 0 aliphatic carbocycles. The highest BCUT2D eigenvalue weighted by molar-refractivity contribution is 7.89. The van der Waals surface area contributed by atoms with Crippen molar-refractivity contribution in [2.24, 2.45) is 0 Å². The predicted octanol–water partition coefficient (Wildman–Crippen LogP) is 3.00. The zero-order chi connectivity index (χ0) is 16.3. The molecule has 22 heavy (non-hydrogen) atoms. The Morgan fingerprint density at radius 2 is 1.77 bits per heavy atom. The highest BCUT2D eigenvalue weighted by Crippen LogP contribution is 2.30. The van der Waals surface area contributed by atoms with Gasteiger partial charge >= 0.3 is 0 Å². The Morgan fingerprint density at radius 3 is 2.41 bits per heavy atom. The van der Waals surface area contributed by atoms with E-state index >= 15 is 0 Å². The number of anilines is 1. The topological polar surface area (TPSA) is 49.4 Å². The summed E-state index contributed by atoms with van der Waals surface area (Å²) < 4.78 is 27.9. The predicted molar refractivity (Wildman–Crippen MR) is 92.3 cm³/mol. The summed E-state index contributed by atoms with van der Waals surface area (Å²) in [4.78, 5) is 2.26. The van der Waals surface area contributed by atoms with Gasteiger partial charge in [-0.25, -0.2) is 13.1 Å². The van der Waals surface area contributed by atoms with Gasteiger partial charge in [0.1, 0.15) is 0 Å². The molecule has 0 fully saturated rings. The van der Waals surface area contributed by atoms with Gasteiger partial charge in [-0.3, -0.25) is 0 Å². The van der Waals surface area contributed by atoms with Gasteiger partial charge in [-0.05, 0) is 25.5 Å². The van der Waals surface area contributed by atoms with Crippen LogP contribution in [0, 0.1) is 13.8 Å². The van der Waals surface area contributed by atoms with E-state index in [9.17, 15) is 8.42 Å². The van der Waals surface area contributed by atoms with Gasteiger partial charge in [-0.15, -0.1) is 0 Å². The molecular weight excluding hydrogens is 296 g/mol. The van der Waals surface area contributed by atoms with Gasteiger partial charge in [-0.2, -0.15) is 0 Å². The summed E-state index contributed by atoms with van der Waals surface area (Å²) in [6.07, 6.45) is 1.24. The number of hydrogen-bond donors (Lipinski definition) is 1. The van der Waals surface area contributed by atoms with Crippen LogP contribution in [-0.2, 0) is 10.0 Å². The van der Waals surface area contributed by atoms with Crippen LogP contribution in [0.1, 0.15) is 12.8 Å². The molecule has 0 bridgehead atoms. The molecule has 5 heteroatoms. The van der Waals surface area contributed by atoms with Crippen LogP contribution in [0.5, 0.6) is 0 Å². The van der Waals surface area contributed by atoms with Gasteiger partial charge < -0.3 is 4.90 Å². The maximum absolute atomic E-state index is 12.6. The molecule has 4 nitrogen and oxygen atoms in total. The Balaban J connectivity index is 2.54. The van der Waals surface area contributed by atoms with Crippen molar-refractivity contribution in [2.75, 3.05) is 19.0 Å². The van der Waals surface area contributed by atoms with Crippen LogP contribution in [0.3, 0.4) is 0 Å². The second-order valence-electron chi connectivity index (χ2n) is 5.48. The van der Waals surface area contributed by atoms with Crippen LogP contribution < -0.4 is 9.62 Å². The lowest BCUT2D eigenvalue weighted by Crippen LogP contribution is -2.32. The number of hydrogen-bond acceptors (Lipinski definition) is 3. The molecule has 118 valence electrons. The van der Waals surface area contributed by atoms with E-state index in [-0.39, 0.29) is 10.9 Å². The van der Waals surface area contributed by atoms with E-state index in [0.717, 1.165) is 11.1 Å². The third-order valence-electron chi connectivity index (χ3n) is 3.50. The van der Waals surface area contributed by atoms with Crippen molar-refractivity contribution in [2.45, 2.75) is 23.8 Å². The fraction of sp³-hybridized carbons (Fsp3) is 0.294. The van der Waals surface area contributed by atoms with Crippen LogP contribution in [0.4, 0.5) is 5.69 Å². The average Bonchev–Trinajstić information content (AvgIpc) is 2.45. The molecular formula is C17H22N2O2S. The summed E-state index contributed by atoms with van der Waals surface area (Å²) in [5, 5.41) is 1.62. The summed E-state index contributed by atoms with van der Waals surface area (Å²) in [6, 6.07) is 10.6. The number of nitrogens with zero attached hydrogens (tertiary/aromatic N) is 1. The quantitative estimate of drug-likeness (QED) is 0.891. The van der Waals surface area contributed by atoms with Crippen LogP contribution >= 0.6 is 0 Å². The Hall–Kier alpha value is -1.59. The molecule has 1 atom stereocenters. The average molecular weight is 318 g/mol. The van der Waals surface area contributed by atoms with E-state index < -0.39 is 10.0 Å². The first-order valence-electron chi connectivity index (χ1n) is 7.20. The molecule has 0 amide bonds. The lowest BCUT2D eigenvalue weighted by Gasteiger charge is -2.18. The number of fused-ring (bicyclic) bond motifs is 1. The second-order valence-corrected chi connectivity index (χ2v) is 7.17. The second kappa shape index (κ2) is 6.67. The molecule has 0 aromatic heterocycles. The molecule has 2 radical (unpaired) electrons. The maximum atomic E-state index is 12.6. The Kier molecular flexibility index (Phi) is 5.08. The Bertz CT molecular complexity index is 754. The highest BCUT2D eigenvalue weighted by Gasteiger charge is 2.20. The molecule has 2 rings (SSSR count). The van der Waals surface area contributed by atoms with Gasteiger partial charge in [0.25, 0.3) is 0 Å². The number of nitrogens with one attached hydrogen (secondary N) is 1. The van der Waals surface area contributed by atoms with E-state index in [0.29, 0.717) is 18.2 Å². The summed E-state index contributed by atoms with van der Waals surface area (Å²) >= 11 is 0. The molecule has 0 aliphatic heterocycles. The van der Waals surface area contributed by atoms with E-state index in [1.54, 1.807) is 12.1 Å². The van der Waals surface area contributed by atoms with Crippen LogP contribution in [0.15, 0.2) is 41.3 Å². The summed E-state index contributed by atoms with van der Waals surface area (Å²) in [7, 11) is 0.268. The summed E-state index contributed by atoms with van der Waals surface area (Å²) in [5.41, 5.74) is 0.985. The van der Waals surface area contributed by atoms with Crippen molar-refractivity contribution < 1.29 is 8.42 Å². The summed E-state index contributed by atoms with van der Waals surface area (Å²) in [6.45, 7) is 7.55. The minimum absolute atomic E-state index is 0.284. The third kappa shape index (κ3) is 3.42. The van der Waals surface area contributed by atoms with E-state index in [1.807, 2.05) is 43.3 Å². The molecule has 0 saturated heterocycles.